The normalized spacial score (nSPS) is 12.3. The van der Waals surface area contributed by atoms with Gasteiger partial charge in [-0.15, -0.1) is 0 Å². The molecule has 7 heteroatoms. The first-order valence-electron chi connectivity index (χ1n) is 9.89. The second kappa shape index (κ2) is 9.54. The van der Waals surface area contributed by atoms with Gasteiger partial charge in [0.05, 0.1) is 16.6 Å². The fraction of sp³-hybridized carbons (Fsp3) is 0.208. The van der Waals surface area contributed by atoms with Gasteiger partial charge < -0.3 is 5.32 Å². The standard InChI is InChI=1S/C24H25ClN2O3S/c1-17-12-14-20(15-13-17)19(3)26-24(28)16-27(23-11-7-10-22(25)18(23)2)31(29,30)21-8-5-4-6-9-21/h4-15,19H,16H2,1-3H3,(H,26,28)/t19-/m1/s1. The highest BCUT2D eigenvalue weighted by Gasteiger charge is 2.29. The van der Waals surface area contributed by atoms with Crippen molar-refractivity contribution in [2.45, 2.75) is 31.7 Å². The molecule has 5 nitrogen and oxygen atoms in total. The molecule has 0 spiro atoms. The van der Waals surface area contributed by atoms with Crippen LogP contribution in [0.2, 0.25) is 5.02 Å². The Morgan fingerprint density at radius 3 is 2.26 bits per heavy atom. The second-order valence-corrected chi connectivity index (χ2v) is 9.68. The summed E-state index contributed by atoms with van der Waals surface area (Å²) in [6.07, 6.45) is 0. The number of hydrogen-bond donors (Lipinski definition) is 1. The number of hydrogen-bond acceptors (Lipinski definition) is 3. The molecule has 0 aliphatic rings. The number of nitrogens with zero attached hydrogens (tertiary/aromatic N) is 1. The number of benzene rings is 3. The summed E-state index contributed by atoms with van der Waals surface area (Å²) in [5, 5.41) is 3.33. The van der Waals surface area contributed by atoms with Crippen molar-refractivity contribution in [2.75, 3.05) is 10.8 Å². The third kappa shape index (κ3) is 5.27. The summed E-state index contributed by atoms with van der Waals surface area (Å²) in [6.45, 7) is 5.22. The quantitative estimate of drug-likeness (QED) is 0.542. The first-order chi connectivity index (χ1) is 14.7. The molecule has 0 radical (unpaired) electrons. The SMILES string of the molecule is Cc1ccc([C@@H](C)NC(=O)CN(c2cccc(Cl)c2C)S(=O)(=O)c2ccccc2)cc1. The number of carbonyl (C=O) groups is 1. The van der Waals surface area contributed by atoms with Crippen molar-refractivity contribution in [3.05, 3.63) is 94.5 Å². The molecule has 0 aliphatic heterocycles. The summed E-state index contributed by atoms with van der Waals surface area (Å²) in [7, 11) is -3.98. The number of anilines is 1. The van der Waals surface area contributed by atoms with Crippen LogP contribution in [-0.2, 0) is 14.8 Å². The number of halogens is 1. The van der Waals surface area contributed by atoms with Crippen molar-refractivity contribution in [2.24, 2.45) is 0 Å². The maximum absolute atomic E-state index is 13.4. The van der Waals surface area contributed by atoms with Gasteiger partial charge in [0.25, 0.3) is 10.0 Å². The molecule has 0 fully saturated rings. The van der Waals surface area contributed by atoms with Crippen LogP contribution in [0, 0.1) is 13.8 Å². The molecule has 3 aromatic carbocycles. The zero-order chi connectivity index (χ0) is 22.6. The summed E-state index contributed by atoms with van der Waals surface area (Å²) >= 11 is 6.25. The molecular weight excluding hydrogens is 432 g/mol. The van der Waals surface area contributed by atoms with E-state index in [1.165, 1.54) is 12.1 Å². The number of carbonyl (C=O) groups excluding carboxylic acids is 1. The van der Waals surface area contributed by atoms with Gasteiger partial charge in [-0.1, -0.05) is 65.7 Å². The number of rotatable bonds is 7. The molecule has 3 aromatic rings. The van der Waals surface area contributed by atoms with Crippen molar-refractivity contribution in [1.82, 2.24) is 5.32 Å². The summed E-state index contributed by atoms with van der Waals surface area (Å²) in [5.74, 6) is -0.410. The maximum atomic E-state index is 13.4. The van der Waals surface area contributed by atoms with Crippen LogP contribution < -0.4 is 9.62 Å². The van der Waals surface area contributed by atoms with Gasteiger partial charge in [-0.05, 0) is 56.2 Å². The van der Waals surface area contributed by atoms with Crippen molar-refractivity contribution in [3.63, 3.8) is 0 Å². The molecule has 0 heterocycles. The molecule has 31 heavy (non-hydrogen) atoms. The monoisotopic (exact) mass is 456 g/mol. The minimum Gasteiger partial charge on any atom is -0.348 e. The summed E-state index contributed by atoms with van der Waals surface area (Å²) in [5.41, 5.74) is 3.02. The highest BCUT2D eigenvalue weighted by atomic mass is 35.5. The van der Waals surface area contributed by atoms with Gasteiger partial charge in [-0.25, -0.2) is 8.42 Å². The molecule has 0 unspecified atom stereocenters. The number of amides is 1. The molecule has 3 rings (SSSR count). The Morgan fingerprint density at radius 1 is 0.968 bits per heavy atom. The highest BCUT2D eigenvalue weighted by Crippen LogP contribution is 2.30. The third-order valence-corrected chi connectivity index (χ3v) is 7.26. The van der Waals surface area contributed by atoms with E-state index in [1.54, 1.807) is 43.3 Å². The first kappa shape index (κ1) is 22.8. The van der Waals surface area contributed by atoms with Crippen LogP contribution in [0.15, 0.2) is 77.7 Å². The van der Waals surface area contributed by atoms with Crippen LogP contribution in [0.1, 0.15) is 29.7 Å². The van der Waals surface area contributed by atoms with E-state index < -0.39 is 15.9 Å². The van der Waals surface area contributed by atoms with Crippen LogP contribution in [0.25, 0.3) is 0 Å². The van der Waals surface area contributed by atoms with E-state index in [1.807, 2.05) is 38.1 Å². The Morgan fingerprint density at radius 2 is 1.61 bits per heavy atom. The Bertz CT molecular complexity index is 1160. The van der Waals surface area contributed by atoms with Gasteiger partial charge >= 0.3 is 0 Å². The van der Waals surface area contributed by atoms with Gasteiger partial charge in [0, 0.05) is 5.02 Å². The predicted octanol–water partition coefficient (Wildman–Crippen LogP) is 5.03. The van der Waals surface area contributed by atoms with Gasteiger partial charge in [0.15, 0.2) is 0 Å². The van der Waals surface area contributed by atoms with Crippen LogP contribution in [0.5, 0.6) is 0 Å². The predicted molar refractivity (Wildman–Crippen MR) is 125 cm³/mol. The topological polar surface area (TPSA) is 66.5 Å². The molecule has 1 N–H and O–H groups in total. The minimum absolute atomic E-state index is 0.105. The van der Waals surface area contributed by atoms with Crippen molar-refractivity contribution in [3.8, 4) is 0 Å². The molecule has 0 aliphatic carbocycles. The first-order valence-corrected chi connectivity index (χ1v) is 11.7. The molecule has 1 amide bonds. The molecule has 0 saturated carbocycles. The lowest BCUT2D eigenvalue weighted by molar-refractivity contribution is -0.120. The molecular formula is C24H25ClN2O3S. The van der Waals surface area contributed by atoms with Crippen LogP contribution in [0.4, 0.5) is 5.69 Å². The van der Waals surface area contributed by atoms with Gasteiger partial charge in [0.1, 0.15) is 6.54 Å². The lowest BCUT2D eigenvalue weighted by atomic mass is 10.1. The van der Waals surface area contributed by atoms with Crippen molar-refractivity contribution < 1.29 is 13.2 Å². The van der Waals surface area contributed by atoms with Gasteiger partial charge in [-0.2, -0.15) is 0 Å². The largest absolute Gasteiger partial charge is 0.348 e. The molecule has 0 bridgehead atoms. The van der Waals surface area contributed by atoms with E-state index in [0.29, 0.717) is 16.3 Å². The van der Waals surface area contributed by atoms with E-state index >= 15 is 0 Å². The summed E-state index contributed by atoms with van der Waals surface area (Å²) < 4.78 is 28.0. The Balaban J connectivity index is 1.92. The second-order valence-electron chi connectivity index (χ2n) is 7.41. The number of sulfonamides is 1. The molecule has 1 atom stereocenters. The Kier molecular flexibility index (Phi) is 7.03. The summed E-state index contributed by atoms with van der Waals surface area (Å²) in [6, 6.07) is 20.6. The average Bonchev–Trinajstić information content (AvgIpc) is 2.75. The highest BCUT2D eigenvalue weighted by molar-refractivity contribution is 7.92. The smallest absolute Gasteiger partial charge is 0.264 e. The van der Waals surface area contributed by atoms with E-state index in [-0.39, 0.29) is 17.5 Å². The minimum atomic E-state index is -3.98. The Labute approximate surface area is 188 Å². The van der Waals surface area contributed by atoms with E-state index in [0.717, 1.165) is 15.4 Å². The van der Waals surface area contributed by atoms with Crippen LogP contribution in [0.3, 0.4) is 0 Å². The number of aryl methyl sites for hydroxylation is 1. The zero-order valence-corrected chi connectivity index (χ0v) is 19.2. The maximum Gasteiger partial charge on any atom is 0.264 e. The van der Waals surface area contributed by atoms with E-state index in [2.05, 4.69) is 5.32 Å². The van der Waals surface area contributed by atoms with Crippen LogP contribution >= 0.6 is 11.6 Å². The fourth-order valence-electron chi connectivity index (χ4n) is 3.24. The fourth-order valence-corrected chi connectivity index (χ4v) is 4.91. The number of nitrogens with one attached hydrogen (secondary N) is 1. The van der Waals surface area contributed by atoms with Crippen LogP contribution in [-0.4, -0.2) is 20.9 Å². The van der Waals surface area contributed by atoms with Gasteiger partial charge in [0.2, 0.25) is 5.91 Å². The lowest BCUT2D eigenvalue weighted by Gasteiger charge is -2.26. The van der Waals surface area contributed by atoms with Crippen molar-refractivity contribution >= 4 is 33.2 Å². The Hall–Kier alpha value is -2.83. The van der Waals surface area contributed by atoms with Crippen molar-refractivity contribution in [1.29, 1.82) is 0 Å². The third-order valence-electron chi connectivity index (χ3n) is 5.08. The zero-order valence-electron chi connectivity index (χ0n) is 17.7. The molecule has 0 saturated heterocycles. The van der Waals surface area contributed by atoms with E-state index in [9.17, 15) is 13.2 Å². The van der Waals surface area contributed by atoms with E-state index in [4.69, 9.17) is 11.6 Å². The van der Waals surface area contributed by atoms with Gasteiger partial charge in [-0.3, -0.25) is 9.10 Å². The molecule has 162 valence electrons. The average molecular weight is 457 g/mol. The summed E-state index contributed by atoms with van der Waals surface area (Å²) in [4.78, 5) is 13.0. The lowest BCUT2D eigenvalue weighted by Crippen LogP contribution is -2.42. The molecule has 0 aromatic heterocycles.